The Bertz CT molecular complexity index is 1070. The van der Waals surface area contributed by atoms with Crippen molar-refractivity contribution in [3.05, 3.63) is 48.2 Å². The summed E-state index contributed by atoms with van der Waals surface area (Å²) >= 11 is 0. The maximum Gasteiger partial charge on any atom is 0.258 e. The number of nitrogens with zero attached hydrogens (tertiary/aromatic N) is 4. The second-order valence-corrected chi connectivity index (χ2v) is 7.87. The molecule has 0 radical (unpaired) electrons. The molecule has 0 aliphatic carbocycles. The van der Waals surface area contributed by atoms with Crippen LogP contribution in [0.25, 0.3) is 22.0 Å². The average molecular weight is 387 g/mol. The van der Waals surface area contributed by atoms with Crippen molar-refractivity contribution in [2.24, 2.45) is 0 Å². The van der Waals surface area contributed by atoms with Crippen LogP contribution in [-0.4, -0.2) is 47.0 Å². The van der Waals surface area contributed by atoms with Crippen molar-refractivity contribution < 1.29 is 4.79 Å². The molecule has 0 unspecified atom stereocenters. The normalized spacial score (nSPS) is 16.3. The summed E-state index contributed by atoms with van der Waals surface area (Å²) in [5.41, 5.74) is 9.32. The van der Waals surface area contributed by atoms with Gasteiger partial charge in [-0.15, -0.1) is 0 Å². The van der Waals surface area contributed by atoms with E-state index in [0.29, 0.717) is 0 Å². The van der Waals surface area contributed by atoms with E-state index in [2.05, 4.69) is 20.9 Å². The molecule has 1 amide bonds. The van der Waals surface area contributed by atoms with Gasteiger partial charge in [0.2, 0.25) is 5.95 Å². The molecule has 3 aromatic rings. The molecule has 0 bridgehead atoms. The van der Waals surface area contributed by atoms with Crippen molar-refractivity contribution in [1.82, 2.24) is 14.9 Å². The van der Waals surface area contributed by atoms with Crippen LogP contribution < -0.4 is 10.6 Å². The first-order valence-electron chi connectivity index (χ1n) is 10.4. The Morgan fingerprint density at radius 3 is 2.62 bits per heavy atom. The molecule has 0 spiro atoms. The third kappa shape index (κ3) is 3.23. The molecule has 148 valence electrons. The van der Waals surface area contributed by atoms with Crippen LogP contribution in [0.5, 0.6) is 0 Å². The van der Waals surface area contributed by atoms with Crippen LogP contribution in [0, 0.1) is 0 Å². The third-order valence-corrected chi connectivity index (χ3v) is 6.04. The van der Waals surface area contributed by atoms with Gasteiger partial charge in [0.1, 0.15) is 0 Å². The Labute approximate surface area is 170 Å². The van der Waals surface area contributed by atoms with Gasteiger partial charge in [-0.1, -0.05) is 18.2 Å². The van der Waals surface area contributed by atoms with Crippen molar-refractivity contribution >= 4 is 28.3 Å². The number of hydrogen-bond donors (Lipinski definition) is 1. The van der Waals surface area contributed by atoms with E-state index >= 15 is 0 Å². The fraction of sp³-hybridized carbons (Fsp3) is 0.348. The van der Waals surface area contributed by atoms with Gasteiger partial charge in [0, 0.05) is 29.3 Å². The zero-order valence-corrected chi connectivity index (χ0v) is 16.5. The number of unbranched alkanes of at least 4 members (excludes halogenated alkanes) is 1. The monoisotopic (exact) mass is 387 g/mol. The highest BCUT2D eigenvalue weighted by Gasteiger charge is 2.30. The lowest BCUT2D eigenvalue weighted by Gasteiger charge is -2.19. The summed E-state index contributed by atoms with van der Waals surface area (Å²) in [6.45, 7) is 4.35. The van der Waals surface area contributed by atoms with Crippen LogP contribution in [0.1, 0.15) is 36.0 Å². The number of likely N-dealkylation sites (tertiary alicyclic amines) is 1. The number of amides is 1. The molecule has 29 heavy (non-hydrogen) atoms. The number of carbonyl (C=O) groups is 1. The van der Waals surface area contributed by atoms with E-state index in [-0.39, 0.29) is 11.9 Å². The van der Waals surface area contributed by atoms with Gasteiger partial charge in [-0.3, -0.25) is 4.79 Å². The minimum atomic E-state index is 0.103. The molecule has 2 aliphatic rings. The van der Waals surface area contributed by atoms with E-state index in [1.165, 1.54) is 25.9 Å². The number of benzene rings is 2. The number of hydrogen-bond acceptors (Lipinski definition) is 5. The van der Waals surface area contributed by atoms with Gasteiger partial charge < -0.3 is 15.5 Å². The van der Waals surface area contributed by atoms with Crippen molar-refractivity contribution in [2.75, 3.05) is 36.8 Å². The SMILES string of the molecule is Nc1nccc(-c2ccc3c4c(cccc24)C(=O)N3CCCCN2CCCC2)n1. The van der Waals surface area contributed by atoms with Crippen LogP contribution in [0.15, 0.2) is 42.6 Å². The molecular weight excluding hydrogens is 362 g/mol. The molecule has 5 rings (SSSR count). The molecule has 2 N–H and O–H groups in total. The standard InChI is InChI=1S/C23H25N5O/c24-23-25-11-10-19(26-23)16-8-9-20-21-17(16)6-5-7-18(21)22(29)28(20)15-4-3-14-27-12-1-2-13-27/h5-11H,1-4,12-15H2,(H2,24,25,26). The summed E-state index contributed by atoms with van der Waals surface area (Å²) in [5, 5.41) is 2.05. The van der Waals surface area contributed by atoms with Gasteiger partial charge >= 0.3 is 0 Å². The first-order chi connectivity index (χ1) is 14.2. The van der Waals surface area contributed by atoms with Crippen LogP contribution in [0.3, 0.4) is 0 Å². The van der Waals surface area contributed by atoms with Crippen molar-refractivity contribution in [1.29, 1.82) is 0 Å². The quantitative estimate of drug-likeness (QED) is 0.653. The molecule has 1 aromatic heterocycles. The molecule has 1 fully saturated rings. The van der Waals surface area contributed by atoms with E-state index in [9.17, 15) is 4.79 Å². The van der Waals surface area contributed by atoms with E-state index in [4.69, 9.17) is 5.73 Å². The second kappa shape index (κ2) is 7.44. The third-order valence-electron chi connectivity index (χ3n) is 6.04. The number of rotatable bonds is 6. The number of aromatic nitrogens is 2. The van der Waals surface area contributed by atoms with Crippen LogP contribution in [0.4, 0.5) is 11.6 Å². The first-order valence-corrected chi connectivity index (χ1v) is 10.4. The number of nitrogen functional groups attached to an aromatic ring is 1. The lowest BCUT2D eigenvalue weighted by atomic mass is 9.98. The van der Waals surface area contributed by atoms with E-state index in [1.54, 1.807) is 6.20 Å². The molecule has 1 saturated heterocycles. The Morgan fingerprint density at radius 2 is 1.79 bits per heavy atom. The lowest BCUT2D eigenvalue weighted by Crippen LogP contribution is -2.28. The fourth-order valence-electron chi connectivity index (χ4n) is 4.63. The molecule has 6 nitrogen and oxygen atoms in total. The zero-order chi connectivity index (χ0) is 19.8. The lowest BCUT2D eigenvalue weighted by molar-refractivity contribution is 0.0992. The van der Waals surface area contributed by atoms with Gasteiger partial charge in [-0.25, -0.2) is 9.97 Å². The second-order valence-electron chi connectivity index (χ2n) is 7.87. The first kappa shape index (κ1) is 18.1. The van der Waals surface area contributed by atoms with E-state index < -0.39 is 0 Å². The summed E-state index contributed by atoms with van der Waals surface area (Å²) in [6.07, 6.45) is 6.45. The smallest absolute Gasteiger partial charge is 0.258 e. The maximum absolute atomic E-state index is 13.1. The molecule has 2 aromatic carbocycles. The van der Waals surface area contributed by atoms with Gasteiger partial charge in [-0.05, 0) is 68.9 Å². The van der Waals surface area contributed by atoms with E-state index in [0.717, 1.165) is 59.2 Å². The highest BCUT2D eigenvalue weighted by Crippen LogP contribution is 2.41. The summed E-state index contributed by atoms with van der Waals surface area (Å²) in [6, 6.07) is 11.9. The molecule has 0 atom stereocenters. The summed E-state index contributed by atoms with van der Waals surface area (Å²) in [5.74, 6) is 0.354. The van der Waals surface area contributed by atoms with Crippen LogP contribution >= 0.6 is 0 Å². The zero-order valence-electron chi connectivity index (χ0n) is 16.5. The molecule has 2 aliphatic heterocycles. The summed E-state index contributed by atoms with van der Waals surface area (Å²) in [7, 11) is 0. The van der Waals surface area contributed by atoms with Crippen molar-refractivity contribution in [2.45, 2.75) is 25.7 Å². The fourth-order valence-corrected chi connectivity index (χ4v) is 4.63. The highest BCUT2D eigenvalue weighted by molar-refractivity contribution is 6.26. The Hall–Kier alpha value is -2.99. The summed E-state index contributed by atoms with van der Waals surface area (Å²) < 4.78 is 0. The molecule has 3 heterocycles. The molecular formula is C23H25N5O. The predicted octanol–water partition coefficient (Wildman–Crippen LogP) is 3.72. The average Bonchev–Trinajstić information content (AvgIpc) is 3.34. The Morgan fingerprint density at radius 1 is 0.966 bits per heavy atom. The van der Waals surface area contributed by atoms with Gasteiger partial charge in [-0.2, -0.15) is 0 Å². The summed E-state index contributed by atoms with van der Waals surface area (Å²) in [4.78, 5) is 25.9. The minimum Gasteiger partial charge on any atom is -0.368 e. The number of anilines is 2. The molecule has 6 heteroatoms. The van der Waals surface area contributed by atoms with Gasteiger partial charge in [0.25, 0.3) is 5.91 Å². The van der Waals surface area contributed by atoms with Crippen molar-refractivity contribution in [3.63, 3.8) is 0 Å². The minimum absolute atomic E-state index is 0.103. The van der Waals surface area contributed by atoms with Crippen LogP contribution in [0.2, 0.25) is 0 Å². The number of nitrogens with two attached hydrogens (primary N) is 1. The number of carbonyl (C=O) groups excluding carboxylic acids is 1. The van der Waals surface area contributed by atoms with E-state index in [1.807, 2.05) is 35.2 Å². The Balaban J connectivity index is 1.42. The topological polar surface area (TPSA) is 75.3 Å². The van der Waals surface area contributed by atoms with Crippen LogP contribution in [-0.2, 0) is 0 Å². The van der Waals surface area contributed by atoms with Gasteiger partial charge in [0.15, 0.2) is 0 Å². The predicted molar refractivity (Wildman–Crippen MR) is 116 cm³/mol. The Kier molecular flexibility index (Phi) is 4.64. The highest BCUT2D eigenvalue weighted by atomic mass is 16.2. The van der Waals surface area contributed by atoms with Crippen molar-refractivity contribution in [3.8, 4) is 11.3 Å². The molecule has 0 saturated carbocycles. The largest absolute Gasteiger partial charge is 0.368 e. The maximum atomic E-state index is 13.1. The van der Waals surface area contributed by atoms with Gasteiger partial charge in [0.05, 0.1) is 11.4 Å².